The molecule has 0 aliphatic carbocycles. The summed E-state index contributed by atoms with van der Waals surface area (Å²) in [6, 6.07) is 0.464. The number of nitrogens with zero attached hydrogens (tertiary/aromatic N) is 1. The molecule has 3 nitrogen and oxygen atoms in total. The van der Waals surface area contributed by atoms with E-state index < -0.39 is 0 Å². The van der Waals surface area contributed by atoms with Crippen LogP contribution in [0.1, 0.15) is 26.2 Å². The van der Waals surface area contributed by atoms with Crippen LogP contribution in [0, 0.1) is 0 Å². The van der Waals surface area contributed by atoms with Crippen molar-refractivity contribution >= 4 is 0 Å². The van der Waals surface area contributed by atoms with Crippen molar-refractivity contribution in [1.29, 1.82) is 0 Å². The lowest BCUT2D eigenvalue weighted by atomic mass is 10.2. The molecule has 1 fully saturated rings. The lowest BCUT2D eigenvalue weighted by Gasteiger charge is -2.34. The van der Waals surface area contributed by atoms with E-state index in [9.17, 15) is 0 Å². The number of morpholine rings is 1. The van der Waals surface area contributed by atoms with Gasteiger partial charge in [-0.3, -0.25) is 4.90 Å². The molecule has 1 saturated heterocycles. The topological polar surface area (TPSA) is 38.5 Å². The van der Waals surface area contributed by atoms with Gasteiger partial charge in [0.25, 0.3) is 0 Å². The zero-order valence-electron chi connectivity index (χ0n) is 8.67. The third-order valence-corrected chi connectivity index (χ3v) is 2.67. The first-order chi connectivity index (χ1) is 6.38. The molecular weight excluding hydrogens is 164 g/mol. The summed E-state index contributed by atoms with van der Waals surface area (Å²) in [4.78, 5) is 2.47. The molecule has 1 aliphatic rings. The zero-order chi connectivity index (χ0) is 9.52. The second-order valence-electron chi connectivity index (χ2n) is 3.71. The number of hydrogen-bond acceptors (Lipinski definition) is 3. The molecule has 0 saturated carbocycles. The first kappa shape index (κ1) is 11.0. The molecule has 78 valence electrons. The average molecular weight is 186 g/mol. The molecular formula is C10H22N2O. The Balaban J connectivity index is 2.19. The van der Waals surface area contributed by atoms with E-state index in [2.05, 4.69) is 11.8 Å². The van der Waals surface area contributed by atoms with E-state index in [1.54, 1.807) is 0 Å². The van der Waals surface area contributed by atoms with Crippen molar-refractivity contribution in [1.82, 2.24) is 4.90 Å². The lowest BCUT2D eigenvalue weighted by Crippen LogP contribution is -2.49. The Bertz CT molecular complexity index is 130. The summed E-state index contributed by atoms with van der Waals surface area (Å²) in [5, 5.41) is 0. The second-order valence-corrected chi connectivity index (χ2v) is 3.71. The van der Waals surface area contributed by atoms with Crippen LogP contribution in [0.4, 0.5) is 0 Å². The van der Waals surface area contributed by atoms with E-state index in [1.165, 1.54) is 25.8 Å². The van der Waals surface area contributed by atoms with Gasteiger partial charge in [0, 0.05) is 19.1 Å². The standard InChI is InChI=1S/C10H22N2O/c1-2-3-4-5-12-6-7-13-9-10(12)8-11/h10H,2-9,11H2,1H3. The normalized spacial score (nSPS) is 24.9. The van der Waals surface area contributed by atoms with E-state index in [-0.39, 0.29) is 0 Å². The van der Waals surface area contributed by atoms with Crippen molar-refractivity contribution in [3.63, 3.8) is 0 Å². The molecule has 13 heavy (non-hydrogen) atoms. The molecule has 0 aromatic carbocycles. The van der Waals surface area contributed by atoms with E-state index in [4.69, 9.17) is 10.5 Å². The van der Waals surface area contributed by atoms with Gasteiger partial charge < -0.3 is 10.5 Å². The first-order valence-corrected chi connectivity index (χ1v) is 5.40. The Morgan fingerprint density at radius 1 is 1.46 bits per heavy atom. The fourth-order valence-corrected chi connectivity index (χ4v) is 1.77. The highest BCUT2D eigenvalue weighted by atomic mass is 16.5. The number of hydrogen-bond donors (Lipinski definition) is 1. The van der Waals surface area contributed by atoms with Gasteiger partial charge in [-0.2, -0.15) is 0 Å². The maximum atomic E-state index is 5.68. The van der Waals surface area contributed by atoms with Crippen molar-refractivity contribution in [3.8, 4) is 0 Å². The fraction of sp³-hybridized carbons (Fsp3) is 1.00. The minimum Gasteiger partial charge on any atom is -0.378 e. The predicted molar refractivity (Wildman–Crippen MR) is 54.8 cm³/mol. The Morgan fingerprint density at radius 2 is 2.31 bits per heavy atom. The molecule has 0 bridgehead atoms. The Kier molecular flexibility index (Phi) is 5.35. The summed E-state index contributed by atoms with van der Waals surface area (Å²) in [5.41, 5.74) is 5.68. The van der Waals surface area contributed by atoms with Gasteiger partial charge >= 0.3 is 0 Å². The van der Waals surface area contributed by atoms with E-state index >= 15 is 0 Å². The molecule has 1 unspecified atom stereocenters. The summed E-state index contributed by atoms with van der Waals surface area (Å²) in [6.07, 6.45) is 3.92. The first-order valence-electron chi connectivity index (χ1n) is 5.40. The number of ether oxygens (including phenoxy) is 1. The molecule has 1 aliphatic heterocycles. The minimum absolute atomic E-state index is 0.464. The average Bonchev–Trinajstić information content (AvgIpc) is 2.19. The van der Waals surface area contributed by atoms with Crippen LogP contribution in [0.5, 0.6) is 0 Å². The van der Waals surface area contributed by atoms with Crippen LogP contribution < -0.4 is 5.73 Å². The van der Waals surface area contributed by atoms with Gasteiger partial charge in [-0.1, -0.05) is 19.8 Å². The van der Waals surface area contributed by atoms with Crippen molar-refractivity contribution < 1.29 is 4.74 Å². The maximum Gasteiger partial charge on any atom is 0.0634 e. The molecule has 3 heteroatoms. The molecule has 0 spiro atoms. The molecule has 1 heterocycles. The Morgan fingerprint density at radius 3 is 3.00 bits per heavy atom. The second kappa shape index (κ2) is 6.35. The Labute approximate surface area is 81.2 Å². The van der Waals surface area contributed by atoms with E-state index in [0.29, 0.717) is 6.04 Å². The summed E-state index contributed by atoms with van der Waals surface area (Å²) < 4.78 is 5.39. The fourth-order valence-electron chi connectivity index (χ4n) is 1.77. The van der Waals surface area contributed by atoms with Gasteiger partial charge in [-0.25, -0.2) is 0 Å². The van der Waals surface area contributed by atoms with E-state index in [1.807, 2.05) is 0 Å². The highest BCUT2D eigenvalue weighted by Gasteiger charge is 2.20. The van der Waals surface area contributed by atoms with Gasteiger partial charge in [0.2, 0.25) is 0 Å². The lowest BCUT2D eigenvalue weighted by molar-refractivity contribution is -0.00441. The molecule has 2 N–H and O–H groups in total. The number of nitrogens with two attached hydrogens (primary N) is 1. The van der Waals surface area contributed by atoms with Crippen LogP contribution in [-0.4, -0.2) is 43.8 Å². The summed E-state index contributed by atoms with van der Waals surface area (Å²) in [7, 11) is 0. The van der Waals surface area contributed by atoms with Crippen LogP contribution in [0.15, 0.2) is 0 Å². The van der Waals surface area contributed by atoms with Crippen molar-refractivity contribution in [3.05, 3.63) is 0 Å². The largest absolute Gasteiger partial charge is 0.378 e. The van der Waals surface area contributed by atoms with Crippen molar-refractivity contribution in [2.75, 3.05) is 32.8 Å². The van der Waals surface area contributed by atoms with Gasteiger partial charge in [-0.05, 0) is 13.0 Å². The van der Waals surface area contributed by atoms with Crippen LogP contribution in [0.25, 0.3) is 0 Å². The van der Waals surface area contributed by atoms with Gasteiger partial charge in [0.05, 0.1) is 13.2 Å². The third kappa shape index (κ3) is 3.63. The number of unbranched alkanes of at least 4 members (excludes halogenated alkanes) is 2. The van der Waals surface area contributed by atoms with Crippen LogP contribution in [0.2, 0.25) is 0 Å². The molecule has 0 amide bonds. The van der Waals surface area contributed by atoms with Crippen LogP contribution >= 0.6 is 0 Å². The van der Waals surface area contributed by atoms with Crippen LogP contribution in [0.3, 0.4) is 0 Å². The Hall–Kier alpha value is -0.120. The van der Waals surface area contributed by atoms with Crippen LogP contribution in [-0.2, 0) is 4.74 Å². The summed E-state index contributed by atoms with van der Waals surface area (Å²) in [5.74, 6) is 0. The molecule has 0 aromatic heterocycles. The highest BCUT2D eigenvalue weighted by molar-refractivity contribution is 4.75. The molecule has 1 atom stereocenters. The monoisotopic (exact) mass is 186 g/mol. The molecule has 1 rings (SSSR count). The minimum atomic E-state index is 0.464. The smallest absolute Gasteiger partial charge is 0.0634 e. The third-order valence-electron chi connectivity index (χ3n) is 2.67. The summed E-state index contributed by atoms with van der Waals surface area (Å²) in [6.45, 7) is 6.92. The zero-order valence-corrected chi connectivity index (χ0v) is 8.67. The highest BCUT2D eigenvalue weighted by Crippen LogP contribution is 2.07. The number of rotatable bonds is 5. The van der Waals surface area contributed by atoms with Gasteiger partial charge in [0.1, 0.15) is 0 Å². The van der Waals surface area contributed by atoms with Crippen molar-refractivity contribution in [2.24, 2.45) is 5.73 Å². The van der Waals surface area contributed by atoms with Crippen molar-refractivity contribution in [2.45, 2.75) is 32.2 Å². The maximum absolute atomic E-state index is 5.68. The summed E-state index contributed by atoms with van der Waals surface area (Å²) >= 11 is 0. The SMILES string of the molecule is CCCCCN1CCOCC1CN. The molecule has 0 radical (unpaired) electrons. The van der Waals surface area contributed by atoms with Gasteiger partial charge in [0.15, 0.2) is 0 Å². The molecule has 0 aromatic rings. The quantitative estimate of drug-likeness (QED) is 0.647. The van der Waals surface area contributed by atoms with E-state index in [0.717, 1.165) is 26.3 Å². The van der Waals surface area contributed by atoms with Gasteiger partial charge in [-0.15, -0.1) is 0 Å². The predicted octanol–water partition coefficient (Wildman–Crippen LogP) is 0.836.